The molecule has 2 amide bonds. The molecule has 0 saturated carbocycles. The largest absolute Gasteiger partial charge is 0.370 e. The van der Waals surface area contributed by atoms with E-state index in [4.69, 9.17) is 5.73 Å². The van der Waals surface area contributed by atoms with Crippen molar-refractivity contribution in [2.45, 2.75) is 38.1 Å². The monoisotopic (exact) mass is 275 g/mol. The van der Waals surface area contributed by atoms with Crippen molar-refractivity contribution < 1.29 is 9.59 Å². The highest BCUT2D eigenvalue weighted by Gasteiger charge is 2.22. The number of primary amides is 1. The summed E-state index contributed by atoms with van der Waals surface area (Å²) in [7, 11) is 0. The van der Waals surface area contributed by atoms with E-state index in [0.29, 0.717) is 6.42 Å². The number of fused-ring (bicyclic) bond motifs is 1. The molecule has 0 aromatic heterocycles. The number of unbranched alkanes of at least 4 members (excludes halogenated alkanes) is 1. The van der Waals surface area contributed by atoms with E-state index < -0.39 is 0 Å². The van der Waals surface area contributed by atoms with Crippen LogP contribution in [0.1, 0.15) is 31.2 Å². The van der Waals surface area contributed by atoms with E-state index in [9.17, 15) is 9.59 Å². The molecule has 1 aliphatic heterocycles. The Balaban J connectivity index is 1.80. The van der Waals surface area contributed by atoms with Gasteiger partial charge in [0.25, 0.3) is 0 Å². The maximum atomic E-state index is 12.1. The zero-order valence-corrected chi connectivity index (χ0v) is 11.5. The highest BCUT2D eigenvalue weighted by Crippen LogP contribution is 2.21. The van der Waals surface area contributed by atoms with Gasteiger partial charge in [-0.1, -0.05) is 18.2 Å². The summed E-state index contributed by atoms with van der Waals surface area (Å²) < 4.78 is 0. The van der Waals surface area contributed by atoms with Crippen LogP contribution in [0.25, 0.3) is 0 Å². The summed E-state index contributed by atoms with van der Waals surface area (Å²) in [6.45, 7) is 0.724. The molecule has 0 saturated heterocycles. The number of nitrogens with one attached hydrogen (secondary N) is 2. The molecule has 0 spiro atoms. The lowest BCUT2D eigenvalue weighted by molar-refractivity contribution is -0.119. The number of hydrogen-bond acceptors (Lipinski definition) is 3. The average molecular weight is 275 g/mol. The van der Waals surface area contributed by atoms with E-state index in [0.717, 1.165) is 37.9 Å². The predicted molar refractivity (Wildman–Crippen MR) is 78.2 cm³/mol. The van der Waals surface area contributed by atoms with Crippen LogP contribution in [-0.2, 0) is 16.0 Å². The Labute approximate surface area is 118 Å². The van der Waals surface area contributed by atoms with Crippen molar-refractivity contribution in [2.75, 3.05) is 11.9 Å². The second kappa shape index (κ2) is 7.05. The third-order valence-corrected chi connectivity index (χ3v) is 3.53. The van der Waals surface area contributed by atoms with Crippen LogP contribution in [0.2, 0.25) is 0 Å². The Morgan fingerprint density at radius 3 is 2.95 bits per heavy atom. The molecule has 5 heteroatoms. The molecule has 1 unspecified atom stereocenters. The Morgan fingerprint density at radius 2 is 2.15 bits per heavy atom. The standard InChI is InChI=1S/C15H21N3O2/c16-14(19)7-3-4-10-17-13-9-8-11-5-1-2-6-12(11)18-15(13)20/h1-2,5-6,13,17H,3-4,7-10H2,(H2,16,19)(H,18,20). The van der Waals surface area contributed by atoms with Crippen LogP contribution in [0.4, 0.5) is 5.69 Å². The number of rotatable bonds is 6. The van der Waals surface area contributed by atoms with Crippen LogP contribution in [0.3, 0.4) is 0 Å². The molecule has 0 fully saturated rings. The number of benzene rings is 1. The Morgan fingerprint density at radius 1 is 1.35 bits per heavy atom. The van der Waals surface area contributed by atoms with E-state index in [1.54, 1.807) is 0 Å². The summed E-state index contributed by atoms with van der Waals surface area (Å²) in [6, 6.07) is 7.73. The second-order valence-corrected chi connectivity index (χ2v) is 5.12. The summed E-state index contributed by atoms with van der Waals surface area (Å²) in [4.78, 5) is 22.7. The molecular formula is C15H21N3O2. The van der Waals surface area contributed by atoms with Gasteiger partial charge in [-0.25, -0.2) is 0 Å². The first kappa shape index (κ1) is 14.5. The van der Waals surface area contributed by atoms with Crippen LogP contribution >= 0.6 is 0 Å². The second-order valence-electron chi connectivity index (χ2n) is 5.12. The molecule has 1 aliphatic rings. The molecule has 108 valence electrons. The van der Waals surface area contributed by atoms with Crippen LogP contribution < -0.4 is 16.4 Å². The predicted octanol–water partition coefficient (Wildman–Crippen LogP) is 1.19. The van der Waals surface area contributed by atoms with E-state index >= 15 is 0 Å². The fourth-order valence-corrected chi connectivity index (χ4v) is 2.41. The van der Waals surface area contributed by atoms with E-state index in [-0.39, 0.29) is 17.9 Å². The first-order valence-electron chi connectivity index (χ1n) is 7.07. The third-order valence-electron chi connectivity index (χ3n) is 3.53. The number of amides is 2. The van der Waals surface area contributed by atoms with Crippen molar-refractivity contribution >= 4 is 17.5 Å². The van der Waals surface area contributed by atoms with Gasteiger partial charge in [-0.2, -0.15) is 0 Å². The van der Waals surface area contributed by atoms with E-state index in [2.05, 4.69) is 10.6 Å². The van der Waals surface area contributed by atoms with Gasteiger partial charge in [-0.15, -0.1) is 0 Å². The van der Waals surface area contributed by atoms with Gasteiger partial charge >= 0.3 is 0 Å². The molecule has 0 bridgehead atoms. The topological polar surface area (TPSA) is 84.2 Å². The number of carbonyl (C=O) groups is 2. The van der Waals surface area contributed by atoms with Crippen LogP contribution in [0.15, 0.2) is 24.3 Å². The summed E-state index contributed by atoms with van der Waals surface area (Å²) >= 11 is 0. The molecule has 1 aromatic carbocycles. The number of anilines is 1. The number of aryl methyl sites for hydroxylation is 1. The maximum Gasteiger partial charge on any atom is 0.241 e. The van der Waals surface area contributed by atoms with Gasteiger partial charge in [-0.3, -0.25) is 9.59 Å². The third kappa shape index (κ3) is 4.06. The highest BCUT2D eigenvalue weighted by molar-refractivity contribution is 5.96. The minimum Gasteiger partial charge on any atom is -0.370 e. The minimum absolute atomic E-state index is 0.0184. The average Bonchev–Trinajstić information content (AvgIpc) is 2.57. The Bertz CT molecular complexity index is 488. The molecule has 4 N–H and O–H groups in total. The lowest BCUT2D eigenvalue weighted by atomic mass is 10.1. The Hall–Kier alpha value is -1.88. The lowest BCUT2D eigenvalue weighted by Gasteiger charge is -2.14. The number of carbonyl (C=O) groups excluding carboxylic acids is 2. The molecule has 1 aromatic rings. The van der Waals surface area contributed by atoms with Gasteiger partial charge in [0.2, 0.25) is 11.8 Å². The van der Waals surface area contributed by atoms with Crippen molar-refractivity contribution in [3.8, 4) is 0 Å². The van der Waals surface area contributed by atoms with Gasteiger partial charge in [0, 0.05) is 12.1 Å². The smallest absolute Gasteiger partial charge is 0.241 e. The van der Waals surface area contributed by atoms with Crippen molar-refractivity contribution in [1.82, 2.24) is 5.32 Å². The van der Waals surface area contributed by atoms with Crippen molar-refractivity contribution in [3.05, 3.63) is 29.8 Å². The first-order valence-corrected chi connectivity index (χ1v) is 7.07. The van der Waals surface area contributed by atoms with Crippen LogP contribution in [-0.4, -0.2) is 24.4 Å². The molecular weight excluding hydrogens is 254 g/mol. The summed E-state index contributed by atoms with van der Waals surface area (Å²) in [5, 5.41) is 6.21. The fraction of sp³-hybridized carbons (Fsp3) is 0.467. The molecule has 2 rings (SSSR count). The van der Waals surface area contributed by atoms with Gasteiger partial charge in [0.15, 0.2) is 0 Å². The lowest BCUT2D eigenvalue weighted by Crippen LogP contribution is -2.40. The molecule has 0 aliphatic carbocycles. The maximum absolute atomic E-state index is 12.1. The number of para-hydroxylation sites is 1. The Kier molecular flexibility index (Phi) is 5.12. The number of nitrogens with two attached hydrogens (primary N) is 1. The van der Waals surface area contributed by atoms with Crippen molar-refractivity contribution in [1.29, 1.82) is 0 Å². The van der Waals surface area contributed by atoms with E-state index in [1.807, 2.05) is 24.3 Å². The molecule has 20 heavy (non-hydrogen) atoms. The van der Waals surface area contributed by atoms with Gasteiger partial charge in [0.05, 0.1) is 6.04 Å². The normalized spacial score (nSPS) is 18.0. The summed E-state index contributed by atoms with van der Waals surface area (Å²) in [5.74, 6) is -0.252. The van der Waals surface area contributed by atoms with Crippen LogP contribution in [0, 0.1) is 0 Å². The SMILES string of the molecule is NC(=O)CCCCNC1CCc2ccccc2NC1=O. The molecule has 0 radical (unpaired) electrons. The van der Waals surface area contributed by atoms with E-state index in [1.165, 1.54) is 5.56 Å². The minimum atomic E-state index is -0.271. The molecule has 1 atom stereocenters. The van der Waals surface area contributed by atoms with Gasteiger partial charge in [0.1, 0.15) is 0 Å². The van der Waals surface area contributed by atoms with Crippen molar-refractivity contribution in [3.63, 3.8) is 0 Å². The molecule has 5 nitrogen and oxygen atoms in total. The summed E-state index contributed by atoms with van der Waals surface area (Å²) in [6.07, 6.45) is 3.69. The number of hydrogen-bond donors (Lipinski definition) is 3. The zero-order valence-electron chi connectivity index (χ0n) is 11.5. The van der Waals surface area contributed by atoms with Crippen molar-refractivity contribution in [2.24, 2.45) is 5.73 Å². The quantitative estimate of drug-likeness (QED) is 0.682. The highest BCUT2D eigenvalue weighted by atomic mass is 16.2. The fourth-order valence-electron chi connectivity index (χ4n) is 2.41. The first-order chi connectivity index (χ1) is 9.66. The zero-order chi connectivity index (χ0) is 14.4. The van der Waals surface area contributed by atoms with Gasteiger partial charge < -0.3 is 16.4 Å². The molecule has 1 heterocycles. The van der Waals surface area contributed by atoms with Gasteiger partial charge in [-0.05, 0) is 43.9 Å². The summed E-state index contributed by atoms with van der Waals surface area (Å²) in [5.41, 5.74) is 7.18. The van der Waals surface area contributed by atoms with Crippen LogP contribution in [0.5, 0.6) is 0 Å².